The van der Waals surface area contributed by atoms with E-state index in [1.807, 2.05) is 0 Å². The number of rotatable bonds is 3. The van der Waals surface area contributed by atoms with Crippen LogP contribution in [-0.4, -0.2) is 58.0 Å². The highest BCUT2D eigenvalue weighted by Gasteiger charge is 2.36. The van der Waals surface area contributed by atoms with Crippen LogP contribution in [0.3, 0.4) is 0 Å². The van der Waals surface area contributed by atoms with Gasteiger partial charge in [0.1, 0.15) is 6.04 Å². The summed E-state index contributed by atoms with van der Waals surface area (Å²) >= 11 is 0. The first-order valence-corrected chi connectivity index (χ1v) is 6.78. The SMILES string of the molecule is CC1CCC(C)N1CC(=O)N1CCC[C@H]1C(=O)O. The molecule has 2 rings (SSSR count). The molecule has 102 valence electrons. The van der Waals surface area contributed by atoms with E-state index in [2.05, 4.69) is 18.7 Å². The summed E-state index contributed by atoms with van der Waals surface area (Å²) in [5.41, 5.74) is 0. The first-order valence-electron chi connectivity index (χ1n) is 6.78. The average Bonchev–Trinajstić information content (AvgIpc) is 2.90. The number of amides is 1. The van der Waals surface area contributed by atoms with Gasteiger partial charge in [0.25, 0.3) is 0 Å². The zero-order valence-corrected chi connectivity index (χ0v) is 11.1. The zero-order chi connectivity index (χ0) is 13.3. The lowest BCUT2D eigenvalue weighted by molar-refractivity contribution is -0.148. The Bertz CT molecular complexity index is 335. The third kappa shape index (κ3) is 2.51. The molecule has 0 saturated carbocycles. The van der Waals surface area contributed by atoms with Gasteiger partial charge in [-0.15, -0.1) is 0 Å². The molecule has 18 heavy (non-hydrogen) atoms. The second-order valence-electron chi connectivity index (χ2n) is 5.53. The predicted octanol–water partition coefficient (Wildman–Crippen LogP) is 0.935. The molecule has 0 aliphatic carbocycles. The number of likely N-dealkylation sites (tertiary alicyclic amines) is 2. The van der Waals surface area contributed by atoms with Crippen LogP contribution in [0.5, 0.6) is 0 Å². The monoisotopic (exact) mass is 254 g/mol. The molecule has 0 bridgehead atoms. The molecule has 0 spiro atoms. The number of hydrogen-bond acceptors (Lipinski definition) is 3. The van der Waals surface area contributed by atoms with E-state index in [1.165, 1.54) is 0 Å². The summed E-state index contributed by atoms with van der Waals surface area (Å²) in [5.74, 6) is -0.899. The molecular weight excluding hydrogens is 232 g/mol. The summed E-state index contributed by atoms with van der Waals surface area (Å²) in [5, 5.41) is 9.09. The lowest BCUT2D eigenvalue weighted by Crippen LogP contribution is -2.47. The summed E-state index contributed by atoms with van der Waals surface area (Å²) in [6.45, 7) is 5.23. The maximum absolute atomic E-state index is 12.2. The van der Waals surface area contributed by atoms with Crippen molar-refractivity contribution in [2.45, 2.75) is 57.7 Å². The van der Waals surface area contributed by atoms with E-state index in [1.54, 1.807) is 4.90 Å². The van der Waals surface area contributed by atoms with Crippen molar-refractivity contribution in [1.29, 1.82) is 0 Å². The molecule has 3 atom stereocenters. The number of hydrogen-bond donors (Lipinski definition) is 1. The Labute approximate surface area is 108 Å². The smallest absolute Gasteiger partial charge is 0.326 e. The second kappa shape index (κ2) is 5.26. The molecule has 5 nitrogen and oxygen atoms in total. The topological polar surface area (TPSA) is 60.9 Å². The molecule has 5 heteroatoms. The van der Waals surface area contributed by atoms with Crippen LogP contribution in [0.1, 0.15) is 39.5 Å². The maximum Gasteiger partial charge on any atom is 0.326 e. The van der Waals surface area contributed by atoms with Gasteiger partial charge in [0, 0.05) is 18.6 Å². The highest BCUT2D eigenvalue weighted by molar-refractivity contribution is 5.85. The van der Waals surface area contributed by atoms with E-state index in [0.29, 0.717) is 31.6 Å². The number of carbonyl (C=O) groups is 2. The maximum atomic E-state index is 12.2. The Morgan fingerprint density at radius 3 is 2.33 bits per heavy atom. The van der Waals surface area contributed by atoms with Crippen LogP contribution in [0.4, 0.5) is 0 Å². The van der Waals surface area contributed by atoms with E-state index in [4.69, 9.17) is 5.11 Å². The Balaban J connectivity index is 1.97. The van der Waals surface area contributed by atoms with Crippen LogP contribution < -0.4 is 0 Å². The molecule has 2 aliphatic rings. The summed E-state index contributed by atoms with van der Waals surface area (Å²) < 4.78 is 0. The van der Waals surface area contributed by atoms with Gasteiger partial charge in [-0.1, -0.05) is 0 Å². The highest BCUT2D eigenvalue weighted by Crippen LogP contribution is 2.24. The van der Waals surface area contributed by atoms with E-state index in [9.17, 15) is 9.59 Å². The van der Waals surface area contributed by atoms with Gasteiger partial charge in [-0.25, -0.2) is 4.79 Å². The van der Waals surface area contributed by atoms with Crippen molar-refractivity contribution < 1.29 is 14.7 Å². The standard InChI is InChI=1S/C13H22N2O3/c1-9-5-6-10(2)15(9)8-12(16)14-7-3-4-11(14)13(17)18/h9-11H,3-8H2,1-2H3,(H,17,18)/t9?,10?,11-/m0/s1. The van der Waals surface area contributed by atoms with Crippen LogP contribution in [0.15, 0.2) is 0 Å². The van der Waals surface area contributed by atoms with Gasteiger partial charge in [0.05, 0.1) is 6.54 Å². The van der Waals surface area contributed by atoms with Crippen LogP contribution in [0, 0.1) is 0 Å². The number of nitrogens with zero attached hydrogens (tertiary/aromatic N) is 2. The summed E-state index contributed by atoms with van der Waals surface area (Å²) in [6.07, 6.45) is 3.63. The number of aliphatic carboxylic acids is 1. The Morgan fingerprint density at radius 1 is 1.17 bits per heavy atom. The Hall–Kier alpha value is -1.10. The van der Waals surface area contributed by atoms with E-state index >= 15 is 0 Å². The first-order chi connectivity index (χ1) is 8.50. The van der Waals surface area contributed by atoms with Gasteiger partial charge in [-0.3, -0.25) is 9.69 Å². The van der Waals surface area contributed by atoms with Crippen molar-refractivity contribution in [3.05, 3.63) is 0 Å². The van der Waals surface area contributed by atoms with Gasteiger partial charge in [0.2, 0.25) is 5.91 Å². The molecule has 2 heterocycles. The molecule has 2 fully saturated rings. The van der Waals surface area contributed by atoms with E-state index in [-0.39, 0.29) is 5.91 Å². The molecule has 1 amide bonds. The zero-order valence-electron chi connectivity index (χ0n) is 11.1. The van der Waals surface area contributed by atoms with Crippen molar-refractivity contribution in [2.24, 2.45) is 0 Å². The molecule has 0 aromatic rings. The summed E-state index contributed by atoms with van der Waals surface area (Å²) in [7, 11) is 0. The Morgan fingerprint density at radius 2 is 1.78 bits per heavy atom. The van der Waals surface area contributed by atoms with E-state index < -0.39 is 12.0 Å². The highest BCUT2D eigenvalue weighted by atomic mass is 16.4. The fourth-order valence-corrected chi connectivity index (χ4v) is 3.13. The van der Waals surface area contributed by atoms with Gasteiger partial charge in [-0.2, -0.15) is 0 Å². The molecule has 0 aromatic heterocycles. The van der Waals surface area contributed by atoms with Crippen LogP contribution in [0.25, 0.3) is 0 Å². The van der Waals surface area contributed by atoms with Crippen LogP contribution in [-0.2, 0) is 9.59 Å². The molecular formula is C13H22N2O3. The number of carbonyl (C=O) groups excluding carboxylic acids is 1. The second-order valence-corrected chi connectivity index (χ2v) is 5.53. The quantitative estimate of drug-likeness (QED) is 0.814. The first kappa shape index (κ1) is 13.3. The molecule has 2 aliphatic heterocycles. The lowest BCUT2D eigenvalue weighted by Gasteiger charge is -2.29. The fourth-order valence-electron chi connectivity index (χ4n) is 3.13. The Kier molecular flexibility index (Phi) is 3.90. The van der Waals surface area contributed by atoms with Crippen LogP contribution in [0.2, 0.25) is 0 Å². The predicted molar refractivity (Wildman–Crippen MR) is 67.2 cm³/mol. The largest absolute Gasteiger partial charge is 0.480 e. The molecule has 0 aromatic carbocycles. The summed E-state index contributed by atoms with van der Waals surface area (Å²) in [4.78, 5) is 27.0. The molecule has 2 unspecified atom stereocenters. The van der Waals surface area contributed by atoms with Crippen molar-refractivity contribution in [3.8, 4) is 0 Å². The minimum atomic E-state index is -0.872. The van der Waals surface area contributed by atoms with Crippen molar-refractivity contribution in [3.63, 3.8) is 0 Å². The van der Waals surface area contributed by atoms with E-state index in [0.717, 1.165) is 19.3 Å². The van der Waals surface area contributed by atoms with Crippen molar-refractivity contribution in [2.75, 3.05) is 13.1 Å². The van der Waals surface area contributed by atoms with Gasteiger partial charge >= 0.3 is 5.97 Å². The fraction of sp³-hybridized carbons (Fsp3) is 0.846. The normalized spacial score (nSPS) is 33.0. The van der Waals surface area contributed by atoms with Gasteiger partial charge in [0.15, 0.2) is 0 Å². The summed E-state index contributed by atoms with van der Waals surface area (Å²) in [6, 6.07) is 0.246. The lowest BCUT2D eigenvalue weighted by atomic mass is 10.2. The minimum Gasteiger partial charge on any atom is -0.480 e. The molecule has 0 radical (unpaired) electrons. The van der Waals surface area contributed by atoms with Gasteiger partial charge < -0.3 is 10.0 Å². The third-order valence-corrected chi connectivity index (χ3v) is 4.31. The minimum absolute atomic E-state index is 0.0273. The van der Waals surface area contributed by atoms with Crippen molar-refractivity contribution in [1.82, 2.24) is 9.80 Å². The van der Waals surface area contributed by atoms with Crippen molar-refractivity contribution >= 4 is 11.9 Å². The average molecular weight is 254 g/mol. The third-order valence-electron chi connectivity index (χ3n) is 4.31. The van der Waals surface area contributed by atoms with Crippen LogP contribution >= 0.6 is 0 Å². The molecule has 2 saturated heterocycles. The van der Waals surface area contributed by atoms with Gasteiger partial charge in [-0.05, 0) is 39.5 Å². The number of carboxylic acid groups (broad SMARTS) is 1. The molecule has 1 N–H and O–H groups in total. The number of carboxylic acids is 1.